The van der Waals surface area contributed by atoms with Crippen LogP contribution in [0.1, 0.15) is 33.1 Å². The zero-order valence-electron chi connectivity index (χ0n) is 7.47. The second kappa shape index (κ2) is 3.55. The highest BCUT2D eigenvalue weighted by Crippen LogP contribution is 2.28. The summed E-state index contributed by atoms with van der Waals surface area (Å²) in [5.74, 6) is 0.324. The molecule has 1 saturated heterocycles. The number of ether oxygens (including phenoxy) is 1. The van der Waals surface area contributed by atoms with Crippen LogP contribution in [0.2, 0.25) is 0 Å². The van der Waals surface area contributed by atoms with Crippen molar-refractivity contribution in [2.45, 2.75) is 38.7 Å². The normalized spacial score (nSPS) is 40.1. The third-order valence-electron chi connectivity index (χ3n) is 2.66. The average molecular weight is 158 g/mol. The molecule has 2 nitrogen and oxygen atoms in total. The lowest BCUT2D eigenvalue weighted by atomic mass is 9.85. The lowest BCUT2D eigenvalue weighted by Crippen LogP contribution is -2.35. The summed E-state index contributed by atoms with van der Waals surface area (Å²) >= 11 is 0. The van der Waals surface area contributed by atoms with Crippen LogP contribution in [0.5, 0.6) is 0 Å². The summed E-state index contributed by atoms with van der Waals surface area (Å²) in [6.45, 7) is 5.57. The Morgan fingerprint density at radius 1 is 1.64 bits per heavy atom. The van der Waals surface area contributed by atoms with Crippen molar-refractivity contribution in [1.29, 1.82) is 0 Å². The van der Waals surface area contributed by atoms with Crippen molar-refractivity contribution in [1.82, 2.24) is 0 Å². The quantitative estimate of drug-likeness (QED) is 0.627. The van der Waals surface area contributed by atoms with Gasteiger partial charge in [-0.2, -0.15) is 0 Å². The SMILES string of the molecule is CCC1COCCCC1(C)O. The van der Waals surface area contributed by atoms with Crippen molar-refractivity contribution in [2.75, 3.05) is 13.2 Å². The van der Waals surface area contributed by atoms with E-state index < -0.39 is 5.60 Å². The first-order chi connectivity index (χ1) is 5.17. The Hall–Kier alpha value is -0.0800. The van der Waals surface area contributed by atoms with Crippen LogP contribution >= 0.6 is 0 Å². The van der Waals surface area contributed by atoms with Gasteiger partial charge in [-0.1, -0.05) is 6.92 Å². The van der Waals surface area contributed by atoms with Crippen molar-refractivity contribution in [3.63, 3.8) is 0 Å². The molecule has 2 unspecified atom stereocenters. The van der Waals surface area contributed by atoms with E-state index in [2.05, 4.69) is 6.92 Å². The summed E-state index contributed by atoms with van der Waals surface area (Å²) in [5, 5.41) is 9.93. The maximum absolute atomic E-state index is 9.93. The van der Waals surface area contributed by atoms with E-state index in [9.17, 15) is 5.11 Å². The first-order valence-electron chi connectivity index (χ1n) is 4.47. The third kappa shape index (κ3) is 2.17. The fraction of sp³-hybridized carbons (Fsp3) is 1.00. The molecule has 66 valence electrons. The average Bonchev–Trinajstić information content (AvgIpc) is 2.10. The maximum Gasteiger partial charge on any atom is 0.0670 e. The van der Waals surface area contributed by atoms with Gasteiger partial charge < -0.3 is 9.84 Å². The Labute approximate surface area is 68.6 Å². The molecule has 2 heteroatoms. The van der Waals surface area contributed by atoms with Crippen molar-refractivity contribution in [3.05, 3.63) is 0 Å². The molecule has 0 aromatic heterocycles. The minimum absolute atomic E-state index is 0.324. The molecule has 0 radical (unpaired) electrons. The predicted octanol–water partition coefficient (Wildman–Crippen LogP) is 1.57. The zero-order valence-corrected chi connectivity index (χ0v) is 7.47. The van der Waals surface area contributed by atoms with Gasteiger partial charge in [0.2, 0.25) is 0 Å². The highest BCUT2D eigenvalue weighted by molar-refractivity contribution is 4.82. The van der Waals surface area contributed by atoms with Gasteiger partial charge in [0.05, 0.1) is 12.2 Å². The minimum Gasteiger partial charge on any atom is -0.390 e. The minimum atomic E-state index is -0.495. The molecule has 0 aliphatic carbocycles. The van der Waals surface area contributed by atoms with E-state index in [-0.39, 0.29) is 0 Å². The monoisotopic (exact) mass is 158 g/mol. The molecule has 1 heterocycles. The standard InChI is InChI=1S/C9H18O2/c1-3-8-7-11-6-4-5-9(8,2)10/h8,10H,3-7H2,1-2H3. The van der Waals surface area contributed by atoms with Crippen molar-refractivity contribution in [3.8, 4) is 0 Å². The Morgan fingerprint density at radius 2 is 2.36 bits per heavy atom. The van der Waals surface area contributed by atoms with Crippen LogP contribution < -0.4 is 0 Å². The molecular formula is C9H18O2. The summed E-state index contributed by atoms with van der Waals surface area (Å²) < 4.78 is 5.37. The summed E-state index contributed by atoms with van der Waals surface area (Å²) in [4.78, 5) is 0. The second-order valence-corrected chi connectivity index (χ2v) is 3.64. The topological polar surface area (TPSA) is 29.5 Å². The van der Waals surface area contributed by atoms with E-state index in [0.29, 0.717) is 5.92 Å². The summed E-state index contributed by atoms with van der Waals surface area (Å²) in [5.41, 5.74) is -0.495. The van der Waals surface area contributed by atoms with Crippen LogP contribution in [-0.2, 0) is 4.74 Å². The van der Waals surface area contributed by atoms with E-state index in [0.717, 1.165) is 32.5 Å². The van der Waals surface area contributed by atoms with Crippen molar-refractivity contribution < 1.29 is 9.84 Å². The highest BCUT2D eigenvalue weighted by Gasteiger charge is 2.31. The number of hydrogen-bond donors (Lipinski definition) is 1. The van der Waals surface area contributed by atoms with Gasteiger partial charge in [-0.25, -0.2) is 0 Å². The van der Waals surface area contributed by atoms with Crippen LogP contribution in [0, 0.1) is 5.92 Å². The van der Waals surface area contributed by atoms with Gasteiger partial charge in [-0.3, -0.25) is 0 Å². The van der Waals surface area contributed by atoms with Crippen LogP contribution in [0.15, 0.2) is 0 Å². The highest BCUT2D eigenvalue weighted by atomic mass is 16.5. The smallest absolute Gasteiger partial charge is 0.0670 e. The second-order valence-electron chi connectivity index (χ2n) is 3.64. The number of aliphatic hydroxyl groups is 1. The largest absolute Gasteiger partial charge is 0.390 e. The molecule has 0 bridgehead atoms. The number of rotatable bonds is 1. The molecule has 0 aromatic carbocycles. The van der Waals surface area contributed by atoms with E-state index in [4.69, 9.17) is 4.74 Å². The summed E-state index contributed by atoms with van der Waals surface area (Å²) in [6.07, 6.45) is 2.88. The van der Waals surface area contributed by atoms with E-state index >= 15 is 0 Å². The molecule has 0 amide bonds. The Bertz CT molecular complexity index is 121. The molecule has 11 heavy (non-hydrogen) atoms. The van der Waals surface area contributed by atoms with Gasteiger partial charge in [0, 0.05) is 12.5 Å². The lowest BCUT2D eigenvalue weighted by molar-refractivity contribution is -0.0233. The Morgan fingerprint density at radius 3 is 3.00 bits per heavy atom. The summed E-state index contributed by atoms with van der Waals surface area (Å²) in [7, 11) is 0. The van der Waals surface area contributed by atoms with Crippen molar-refractivity contribution in [2.24, 2.45) is 5.92 Å². The van der Waals surface area contributed by atoms with Gasteiger partial charge in [-0.15, -0.1) is 0 Å². The molecule has 0 aromatic rings. The van der Waals surface area contributed by atoms with E-state index in [1.807, 2.05) is 6.92 Å². The Kier molecular flexibility index (Phi) is 2.90. The zero-order chi connectivity index (χ0) is 8.32. The molecule has 2 atom stereocenters. The van der Waals surface area contributed by atoms with Gasteiger partial charge in [0.1, 0.15) is 0 Å². The lowest BCUT2D eigenvalue weighted by Gasteiger charge is -2.29. The third-order valence-corrected chi connectivity index (χ3v) is 2.66. The van der Waals surface area contributed by atoms with Crippen molar-refractivity contribution >= 4 is 0 Å². The predicted molar refractivity (Wildman–Crippen MR) is 44.5 cm³/mol. The maximum atomic E-state index is 9.93. The molecule has 0 saturated carbocycles. The van der Waals surface area contributed by atoms with Crippen LogP contribution in [-0.4, -0.2) is 23.9 Å². The van der Waals surface area contributed by atoms with Gasteiger partial charge >= 0.3 is 0 Å². The number of hydrogen-bond acceptors (Lipinski definition) is 2. The van der Waals surface area contributed by atoms with E-state index in [1.54, 1.807) is 0 Å². The van der Waals surface area contributed by atoms with Gasteiger partial charge in [0.15, 0.2) is 0 Å². The fourth-order valence-electron chi connectivity index (χ4n) is 1.70. The molecule has 0 spiro atoms. The van der Waals surface area contributed by atoms with E-state index in [1.165, 1.54) is 0 Å². The van der Waals surface area contributed by atoms with Gasteiger partial charge in [0.25, 0.3) is 0 Å². The molecule has 1 N–H and O–H groups in total. The molecular weight excluding hydrogens is 140 g/mol. The summed E-state index contributed by atoms with van der Waals surface area (Å²) in [6, 6.07) is 0. The van der Waals surface area contributed by atoms with Gasteiger partial charge in [-0.05, 0) is 26.2 Å². The van der Waals surface area contributed by atoms with Crippen LogP contribution in [0.3, 0.4) is 0 Å². The first kappa shape index (κ1) is 9.01. The molecule has 1 fully saturated rings. The molecule has 1 rings (SSSR count). The molecule has 1 aliphatic rings. The first-order valence-corrected chi connectivity index (χ1v) is 4.47. The Balaban J connectivity index is 2.56. The van der Waals surface area contributed by atoms with Crippen LogP contribution in [0.25, 0.3) is 0 Å². The van der Waals surface area contributed by atoms with Crippen LogP contribution in [0.4, 0.5) is 0 Å². The molecule has 1 aliphatic heterocycles. The fourth-order valence-corrected chi connectivity index (χ4v) is 1.70.